The summed E-state index contributed by atoms with van der Waals surface area (Å²) in [7, 11) is 0. The minimum Gasteiger partial charge on any atom is -0.267 e. The van der Waals surface area contributed by atoms with Crippen molar-refractivity contribution in [2.75, 3.05) is 5.43 Å². The zero-order chi connectivity index (χ0) is 15.1. The van der Waals surface area contributed by atoms with Crippen LogP contribution >= 0.6 is 11.3 Å². The van der Waals surface area contributed by atoms with Crippen molar-refractivity contribution < 1.29 is 4.92 Å². The molecule has 0 fully saturated rings. The number of fused-ring (bicyclic) bond motifs is 2. The number of nitro benzene ring substituents is 1. The van der Waals surface area contributed by atoms with Crippen molar-refractivity contribution in [2.24, 2.45) is 0 Å². The van der Waals surface area contributed by atoms with E-state index >= 15 is 0 Å². The van der Waals surface area contributed by atoms with Gasteiger partial charge in [0.05, 0.1) is 26.2 Å². The lowest BCUT2D eigenvalue weighted by atomic mass is 10.3. The Morgan fingerprint density at radius 3 is 2.86 bits per heavy atom. The monoisotopic (exact) mass is 311 g/mol. The molecule has 0 bridgehead atoms. The second-order valence-electron chi connectivity index (χ2n) is 4.64. The molecule has 4 rings (SSSR count). The first-order valence-corrected chi connectivity index (χ1v) is 7.26. The van der Waals surface area contributed by atoms with Gasteiger partial charge in [0.2, 0.25) is 5.13 Å². The van der Waals surface area contributed by atoms with Crippen LogP contribution in [0.1, 0.15) is 0 Å². The maximum atomic E-state index is 10.8. The van der Waals surface area contributed by atoms with Gasteiger partial charge in [0, 0.05) is 12.1 Å². The normalized spacial score (nSPS) is 11.1. The number of non-ortho nitro benzene ring substituents is 1. The summed E-state index contributed by atoms with van der Waals surface area (Å²) in [5.41, 5.74) is 5.42. The number of rotatable bonds is 3. The summed E-state index contributed by atoms with van der Waals surface area (Å²) in [5, 5.41) is 11.5. The van der Waals surface area contributed by atoms with Crippen LogP contribution in [0.25, 0.3) is 21.3 Å². The molecule has 0 aliphatic carbocycles. The Labute approximate surface area is 128 Å². The largest absolute Gasteiger partial charge is 0.271 e. The standard InChI is InChI=1S/C14H9N5O2S/c20-19(21)9-5-6-12-11(7-9)15-8-18(12)17-14-16-10-3-1-2-4-13(10)22-14/h1-8H,(H,16,17). The van der Waals surface area contributed by atoms with Crippen LogP contribution in [0.3, 0.4) is 0 Å². The van der Waals surface area contributed by atoms with Gasteiger partial charge in [-0.15, -0.1) is 0 Å². The Kier molecular flexibility index (Phi) is 2.76. The molecule has 1 N–H and O–H groups in total. The van der Waals surface area contributed by atoms with Gasteiger partial charge >= 0.3 is 0 Å². The summed E-state index contributed by atoms with van der Waals surface area (Å²) in [6.45, 7) is 0. The fraction of sp³-hybridized carbons (Fsp3) is 0. The molecule has 0 radical (unpaired) electrons. The Hall–Kier alpha value is -3.00. The molecule has 2 heterocycles. The molecule has 0 atom stereocenters. The number of thiazole rings is 1. The SMILES string of the molecule is O=[N+]([O-])c1ccc2c(c1)ncn2Nc1nc2ccccc2s1. The van der Waals surface area contributed by atoms with Crippen molar-refractivity contribution in [3.05, 3.63) is 58.9 Å². The molecule has 4 aromatic rings. The first-order valence-electron chi connectivity index (χ1n) is 6.45. The molecule has 22 heavy (non-hydrogen) atoms. The third kappa shape index (κ3) is 2.06. The smallest absolute Gasteiger partial charge is 0.267 e. The Morgan fingerprint density at radius 1 is 1.18 bits per heavy atom. The molecule has 108 valence electrons. The number of imidazole rings is 1. The number of aromatic nitrogens is 3. The molecule has 0 saturated carbocycles. The number of hydrogen-bond acceptors (Lipinski definition) is 6. The molecule has 2 aromatic heterocycles. The highest BCUT2D eigenvalue weighted by molar-refractivity contribution is 7.22. The summed E-state index contributed by atoms with van der Waals surface area (Å²) in [6.07, 6.45) is 1.58. The zero-order valence-corrected chi connectivity index (χ0v) is 11.9. The van der Waals surface area contributed by atoms with Gasteiger partial charge in [-0.25, -0.2) is 14.6 Å². The minimum absolute atomic E-state index is 0.0257. The lowest BCUT2D eigenvalue weighted by Gasteiger charge is -2.03. The van der Waals surface area contributed by atoms with E-state index in [1.54, 1.807) is 17.1 Å². The molecule has 0 unspecified atom stereocenters. The number of hydrogen-bond donors (Lipinski definition) is 1. The van der Waals surface area contributed by atoms with Crippen molar-refractivity contribution in [1.29, 1.82) is 0 Å². The molecule has 0 spiro atoms. The molecule has 2 aromatic carbocycles. The molecule has 0 amide bonds. The maximum Gasteiger partial charge on any atom is 0.271 e. The molecule has 7 nitrogen and oxygen atoms in total. The number of nitrogens with one attached hydrogen (secondary N) is 1. The van der Waals surface area contributed by atoms with Crippen LogP contribution in [0.5, 0.6) is 0 Å². The van der Waals surface area contributed by atoms with Crippen molar-refractivity contribution >= 4 is 43.4 Å². The molecule has 0 aliphatic rings. The van der Waals surface area contributed by atoms with Crippen molar-refractivity contribution in [3.63, 3.8) is 0 Å². The quantitative estimate of drug-likeness (QED) is 0.463. The maximum absolute atomic E-state index is 10.8. The Balaban J connectivity index is 1.73. The van der Waals surface area contributed by atoms with E-state index in [1.165, 1.54) is 23.5 Å². The van der Waals surface area contributed by atoms with Crippen molar-refractivity contribution in [1.82, 2.24) is 14.6 Å². The first-order chi connectivity index (χ1) is 10.7. The zero-order valence-electron chi connectivity index (χ0n) is 11.1. The van der Waals surface area contributed by atoms with E-state index in [-0.39, 0.29) is 5.69 Å². The van der Waals surface area contributed by atoms with Gasteiger partial charge in [0.25, 0.3) is 5.69 Å². The number of benzene rings is 2. The van der Waals surface area contributed by atoms with Gasteiger partial charge in [-0.3, -0.25) is 15.5 Å². The van der Waals surface area contributed by atoms with Gasteiger partial charge < -0.3 is 0 Å². The van der Waals surface area contributed by atoms with Gasteiger partial charge in [-0.2, -0.15) is 0 Å². The number of anilines is 1. The first kappa shape index (κ1) is 12.7. The Bertz CT molecular complexity index is 974. The van der Waals surface area contributed by atoms with Crippen LogP contribution in [-0.4, -0.2) is 19.6 Å². The highest BCUT2D eigenvalue weighted by Gasteiger charge is 2.11. The number of nitro groups is 1. The van der Waals surface area contributed by atoms with E-state index < -0.39 is 4.92 Å². The van der Waals surface area contributed by atoms with Gasteiger partial charge in [0.15, 0.2) is 0 Å². The van der Waals surface area contributed by atoms with E-state index in [4.69, 9.17) is 0 Å². The molecule has 0 saturated heterocycles. The van der Waals surface area contributed by atoms with E-state index in [9.17, 15) is 10.1 Å². The fourth-order valence-electron chi connectivity index (χ4n) is 2.23. The van der Waals surface area contributed by atoms with Crippen LogP contribution in [0.2, 0.25) is 0 Å². The lowest BCUT2D eigenvalue weighted by Crippen LogP contribution is -2.06. The third-order valence-corrected chi connectivity index (χ3v) is 4.19. The molecule has 0 aliphatic heterocycles. The van der Waals surface area contributed by atoms with Gasteiger partial charge in [-0.05, 0) is 18.2 Å². The summed E-state index contributed by atoms with van der Waals surface area (Å²) < 4.78 is 2.79. The average molecular weight is 311 g/mol. The van der Waals surface area contributed by atoms with Crippen LogP contribution in [0.15, 0.2) is 48.8 Å². The van der Waals surface area contributed by atoms with E-state index in [0.29, 0.717) is 5.52 Å². The van der Waals surface area contributed by atoms with Crippen molar-refractivity contribution in [3.8, 4) is 0 Å². The number of nitrogens with zero attached hydrogens (tertiary/aromatic N) is 4. The second-order valence-corrected chi connectivity index (χ2v) is 5.67. The van der Waals surface area contributed by atoms with Crippen LogP contribution < -0.4 is 5.43 Å². The second kappa shape index (κ2) is 4.78. The highest BCUT2D eigenvalue weighted by atomic mass is 32.1. The highest BCUT2D eigenvalue weighted by Crippen LogP contribution is 2.26. The lowest BCUT2D eigenvalue weighted by molar-refractivity contribution is -0.384. The molecule has 8 heteroatoms. The summed E-state index contributed by atoms with van der Waals surface area (Å²) >= 11 is 1.53. The predicted octanol–water partition coefficient (Wildman–Crippen LogP) is 3.43. The predicted molar refractivity (Wildman–Crippen MR) is 85.0 cm³/mol. The Morgan fingerprint density at radius 2 is 2.05 bits per heavy atom. The average Bonchev–Trinajstić information content (AvgIpc) is 3.10. The van der Waals surface area contributed by atoms with Crippen molar-refractivity contribution in [2.45, 2.75) is 0 Å². The van der Waals surface area contributed by atoms with Gasteiger partial charge in [0.1, 0.15) is 6.33 Å². The van der Waals surface area contributed by atoms with Gasteiger partial charge in [-0.1, -0.05) is 23.5 Å². The topological polar surface area (TPSA) is 85.9 Å². The molecular weight excluding hydrogens is 302 g/mol. The summed E-state index contributed by atoms with van der Waals surface area (Å²) in [6, 6.07) is 12.4. The van der Waals surface area contributed by atoms with Crippen LogP contribution in [-0.2, 0) is 0 Å². The summed E-state index contributed by atoms with van der Waals surface area (Å²) in [4.78, 5) is 19.0. The molecular formula is C14H9N5O2S. The number of para-hydroxylation sites is 1. The van der Waals surface area contributed by atoms with E-state index in [0.717, 1.165) is 20.9 Å². The van der Waals surface area contributed by atoms with E-state index in [1.807, 2.05) is 24.3 Å². The van der Waals surface area contributed by atoms with E-state index in [2.05, 4.69) is 15.4 Å². The minimum atomic E-state index is -0.431. The fourth-order valence-corrected chi connectivity index (χ4v) is 3.09. The van der Waals surface area contributed by atoms with Crippen LogP contribution in [0.4, 0.5) is 10.8 Å². The summed E-state index contributed by atoms with van der Waals surface area (Å²) in [5.74, 6) is 0. The van der Waals surface area contributed by atoms with Crippen LogP contribution in [0, 0.1) is 10.1 Å². The third-order valence-electron chi connectivity index (χ3n) is 3.25.